The van der Waals surface area contributed by atoms with Gasteiger partial charge in [-0.1, -0.05) is 19.9 Å². The molecule has 0 heterocycles. The van der Waals surface area contributed by atoms with Crippen LogP contribution < -0.4 is 11.1 Å². The topological polar surface area (TPSA) is 55.1 Å². The summed E-state index contributed by atoms with van der Waals surface area (Å²) < 4.78 is 26.0. The van der Waals surface area contributed by atoms with Gasteiger partial charge < -0.3 is 11.1 Å². The smallest absolute Gasteiger partial charge is 0.236 e. The fourth-order valence-corrected chi connectivity index (χ4v) is 1.49. The molecule has 1 unspecified atom stereocenters. The van der Waals surface area contributed by atoms with Gasteiger partial charge in [-0.3, -0.25) is 4.79 Å². The number of hydrogen-bond donors (Lipinski definition) is 2. The minimum absolute atomic E-state index is 0.273. The van der Waals surface area contributed by atoms with E-state index < -0.39 is 23.1 Å². The molecule has 3 nitrogen and oxygen atoms in total. The van der Waals surface area contributed by atoms with Gasteiger partial charge in [0.05, 0.1) is 6.04 Å². The molecule has 0 aliphatic heterocycles. The lowest BCUT2D eigenvalue weighted by molar-refractivity contribution is -0.122. The van der Waals surface area contributed by atoms with Gasteiger partial charge in [0.15, 0.2) is 11.6 Å². The van der Waals surface area contributed by atoms with E-state index in [1.165, 1.54) is 6.07 Å². The summed E-state index contributed by atoms with van der Waals surface area (Å²) in [6, 6.07) is 3.15. The number of amides is 1. The van der Waals surface area contributed by atoms with Crippen LogP contribution in [0.4, 0.5) is 8.78 Å². The number of benzene rings is 1. The van der Waals surface area contributed by atoms with Crippen LogP contribution in [0.15, 0.2) is 18.2 Å². The second-order valence-electron chi connectivity index (χ2n) is 5.02. The van der Waals surface area contributed by atoms with Gasteiger partial charge in [-0.2, -0.15) is 0 Å². The summed E-state index contributed by atoms with van der Waals surface area (Å²) in [5.41, 5.74) is 5.54. The van der Waals surface area contributed by atoms with Crippen LogP contribution in [-0.2, 0) is 10.2 Å². The molecule has 0 aliphatic carbocycles. The third-order valence-electron chi connectivity index (χ3n) is 2.82. The highest BCUT2D eigenvalue weighted by Crippen LogP contribution is 2.23. The van der Waals surface area contributed by atoms with Crippen LogP contribution in [0.25, 0.3) is 0 Å². The number of carbonyl (C=O) groups excluding carboxylic acids is 1. The molecule has 0 aromatic heterocycles. The maximum atomic E-state index is 13.2. The van der Waals surface area contributed by atoms with Crippen LogP contribution in [0.5, 0.6) is 0 Å². The molecule has 0 aliphatic rings. The SMILES string of the molecule is CC(N)C(=O)NCC(C)(C)c1ccc(F)c(F)c1. The normalized spacial score (nSPS) is 13.2. The Morgan fingerprint density at radius 1 is 1.39 bits per heavy atom. The van der Waals surface area contributed by atoms with Crippen molar-refractivity contribution in [1.82, 2.24) is 5.32 Å². The Balaban J connectivity index is 2.79. The third kappa shape index (κ3) is 3.50. The standard InChI is InChI=1S/C13H18F2N2O/c1-8(16)12(18)17-7-13(2,3)9-4-5-10(14)11(15)6-9/h4-6,8H,7,16H2,1-3H3,(H,17,18). The van der Waals surface area contributed by atoms with Crippen LogP contribution >= 0.6 is 0 Å². The molecule has 0 saturated carbocycles. The monoisotopic (exact) mass is 256 g/mol. The molecule has 0 fully saturated rings. The number of nitrogens with one attached hydrogen (secondary N) is 1. The van der Waals surface area contributed by atoms with Crippen molar-refractivity contribution in [3.8, 4) is 0 Å². The molecule has 5 heteroatoms. The van der Waals surface area contributed by atoms with Crippen LogP contribution in [0, 0.1) is 11.6 Å². The average molecular weight is 256 g/mol. The second kappa shape index (κ2) is 5.44. The summed E-state index contributed by atoms with van der Waals surface area (Å²) in [7, 11) is 0. The van der Waals surface area contributed by atoms with Crippen molar-refractivity contribution in [3.05, 3.63) is 35.4 Å². The summed E-state index contributed by atoms with van der Waals surface area (Å²) in [4.78, 5) is 11.4. The van der Waals surface area contributed by atoms with Crippen molar-refractivity contribution in [3.63, 3.8) is 0 Å². The summed E-state index contributed by atoms with van der Waals surface area (Å²) >= 11 is 0. The third-order valence-corrected chi connectivity index (χ3v) is 2.82. The molecule has 1 rings (SSSR count). The van der Waals surface area contributed by atoms with E-state index in [1.54, 1.807) is 6.92 Å². The second-order valence-corrected chi connectivity index (χ2v) is 5.02. The highest BCUT2D eigenvalue weighted by Gasteiger charge is 2.23. The zero-order chi connectivity index (χ0) is 13.9. The molecule has 18 heavy (non-hydrogen) atoms. The predicted molar refractivity (Wildman–Crippen MR) is 66.0 cm³/mol. The molecule has 1 amide bonds. The molecule has 0 spiro atoms. The van der Waals surface area contributed by atoms with Crippen molar-refractivity contribution < 1.29 is 13.6 Å². The summed E-state index contributed by atoms with van der Waals surface area (Å²) in [6.07, 6.45) is 0. The maximum absolute atomic E-state index is 13.2. The Morgan fingerprint density at radius 2 is 2.00 bits per heavy atom. The Kier molecular flexibility index (Phi) is 4.40. The maximum Gasteiger partial charge on any atom is 0.236 e. The molecular weight excluding hydrogens is 238 g/mol. The van der Waals surface area contributed by atoms with E-state index in [4.69, 9.17) is 5.73 Å². The first kappa shape index (κ1) is 14.6. The Labute approximate surface area is 105 Å². The van der Waals surface area contributed by atoms with E-state index in [2.05, 4.69) is 5.32 Å². The molecule has 1 aromatic rings. The Morgan fingerprint density at radius 3 is 2.50 bits per heavy atom. The first-order valence-electron chi connectivity index (χ1n) is 5.73. The summed E-state index contributed by atoms with van der Waals surface area (Å²) in [5, 5.41) is 2.67. The predicted octanol–water partition coefficient (Wildman–Crippen LogP) is 1.71. The quantitative estimate of drug-likeness (QED) is 0.861. The van der Waals surface area contributed by atoms with Crippen LogP contribution in [0.2, 0.25) is 0 Å². The van der Waals surface area contributed by atoms with Gasteiger partial charge in [-0.05, 0) is 24.6 Å². The van der Waals surface area contributed by atoms with Crippen molar-refractivity contribution in [1.29, 1.82) is 0 Å². The van der Waals surface area contributed by atoms with Gasteiger partial charge >= 0.3 is 0 Å². The zero-order valence-electron chi connectivity index (χ0n) is 10.8. The molecule has 0 bridgehead atoms. The van der Waals surface area contributed by atoms with E-state index in [-0.39, 0.29) is 5.91 Å². The first-order valence-corrected chi connectivity index (χ1v) is 5.73. The van der Waals surface area contributed by atoms with Gasteiger partial charge in [-0.15, -0.1) is 0 Å². The highest BCUT2D eigenvalue weighted by molar-refractivity contribution is 5.81. The van der Waals surface area contributed by atoms with Crippen LogP contribution in [-0.4, -0.2) is 18.5 Å². The summed E-state index contributed by atoms with van der Waals surface area (Å²) in [5.74, 6) is -2.04. The number of halogens is 2. The summed E-state index contributed by atoms with van der Waals surface area (Å²) in [6.45, 7) is 5.56. The minimum atomic E-state index is -0.890. The number of rotatable bonds is 4. The largest absolute Gasteiger partial charge is 0.354 e. The van der Waals surface area contributed by atoms with Gasteiger partial charge in [0.2, 0.25) is 5.91 Å². The lowest BCUT2D eigenvalue weighted by atomic mass is 9.84. The molecule has 1 atom stereocenters. The van der Waals surface area contributed by atoms with E-state index in [0.717, 1.165) is 12.1 Å². The van der Waals surface area contributed by atoms with Crippen molar-refractivity contribution in [2.24, 2.45) is 5.73 Å². The fourth-order valence-electron chi connectivity index (χ4n) is 1.49. The van der Waals surface area contributed by atoms with Gasteiger partial charge in [0.1, 0.15) is 0 Å². The Hall–Kier alpha value is -1.49. The highest BCUT2D eigenvalue weighted by atomic mass is 19.2. The van der Waals surface area contributed by atoms with Crippen molar-refractivity contribution in [2.45, 2.75) is 32.2 Å². The lowest BCUT2D eigenvalue weighted by Crippen LogP contribution is -2.43. The van der Waals surface area contributed by atoms with Crippen LogP contribution in [0.3, 0.4) is 0 Å². The van der Waals surface area contributed by atoms with Crippen molar-refractivity contribution >= 4 is 5.91 Å². The number of hydrogen-bond acceptors (Lipinski definition) is 2. The fraction of sp³-hybridized carbons (Fsp3) is 0.462. The van der Waals surface area contributed by atoms with Crippen LogP contribution in [0.1, 0.15) is 26.3 Å². The molecule has 0 saturated heterocycles. The van der Waals surface area contributed by atoms with E-state index in [1.807, 2.05) is 13.8 Å². The molecular formula is C13H18F2N2O. The number of nitrogens with two attached hydrogens (primary N) is 1. The lowest BCUT2D eigenvalue weighted by Gasteiger charge is -2.26. The average Bonchev–Trinajstić information content (AvgIpc) is 2.29. The Bertz CT molecular complexity index is 445. The zero-order valence-corrected chi connectivity index (χ0v) is 10.8. The molecule has 100 valence electrons. The first-order chi connectivity index (χ1) is 8.24. The molecule has 1 aromatic carbocycles. The molecule has 3 N–H and O–H groups in total. The van der Waals surface area contributed by atoms with E-state index in [0.29, 0.717) is 12.1 Å². The van der Waals surface area contributed by atoms with E-state index in [9.17, 15) is 13.6 Å². The minimum Gasteiger partial charge on any atom is -0.354 e. The molecule has 0 radical (unpaired) electrons. The number of carbonyl (C=O) groups is 1. The van der Waals surface area contributed by atoms with Crippen molar-refractivity contribution in [2.75, 3.05) is 6.54 Å². The van der Waals surface area contributed by atoms with E-state index >= 15 is 0 Å². The van der Waals surface area contributed by atoms with Gasteiger partial charge in [0, 0.05) is 12.0 Å². The van der Waals surface area contributed by atoms with Gasteiger partial charge in [0.25, 0.3) is 0 Å². The van der Waals surface area contributed by atoms with Gasteiger partial charge in [-0.25, -0.2) is 8.78 Å².